The van der Waals surface area contributed by atoms with Gasteiger partial charge in [-0.25, -0.2) is 4.79 Å². The lowest BCUT2D eigenvalue weighted by Gasteiger charge is -2.31. The van der Waals surface area contributed by atoms with Crippen LogP contribution in [0.1, 0.15) is 64.8 Å². The van der Waals surface area contributed by atoms with E-state index in [1.807, 2.05) is 45.0 Å². The van der Waals surface area contributed by atoms with Gasteiger partial charge in [0.2, 0.25) is 0 Å². The van der Waals surface area contributed by atoms with E-state index in [-0.39, 0.29) is 12.1 Å². The van der Waals surface area contributed by atoms with Crippen LogP contribution in [0.2, 0.25) is 0 Å². The third-order valence-corrected chi connectivity index (χ3v) is 5.64. The molecule has 1 N–H and O–H groups in total. The van der Waals surface area contributed by atoms with Crippen LogP contribution in [-0.2, 0) is 20.9 Å². The summed E-state index contributed by atoms with van der Waals surface area (Å²) in [6, 6.07) is 0.556. The summed E-state index contributed by atoms with van der Waals surface area (Å²) < 4.78 is 17.4. The molecule has 1 saturated carbocycles. The zero-order chi connectivity index (χ0) is 22.7. The standard InChI is InChI=1S/C23H36N4O5/c1-16(24-22(28)32-23(2,3)4)14-29-18-7-10-26(11-8-18)21-25-19-9-12-27(13-20(19)31-21)30-15-17-5-6-17/h9,12,16-18H,5-8,10-11,13-15H2,1-4H3,(H,24,28)/t16-/m0/s1. The average molecular weight is 449 g/mol. The minimum absolute atomic E-state index is 0.113. The number of anilines is 1. The van der Waals surface area contributed by atoms with E-state index in [9.17, 15) is 4.79 Å². The van der Waals surface area contributed by atoms with E-state index in [1.165, 1.54) is 12.8 Å². The first-order valence-corrected chi connectivity index (χ1v) is 11.7. The van der Waals surface area contributed by atoms with Crippen LogP contribution in [0.3, 0.4) is 0 Å². The second kappa shape index (κ2) is 9.70. The molecule has 0 bridgehead atoms. The van der Waals surface area contributed by atoms with Gasteiger partial charge in [-0.2, -0.15) is 4.98 Å². The molecule has 1 aliphatic carbocycles. The second-order valence-corrected chi connectivity index (χ2v) is 10.0. The van der Waals surface area contributed by atoms with Crippen LogP contribution in [0, 0.1) is 5.92 Å². The number of oxazole rings is 1. The van der Waals surface area contributed by atoms with Crippen LogP contribution in [0.5, 0.6) is 0 Å². The Balaban J connectivity index is 1.18. The molecule has 1 aromatic rings. The average Bonchev–Trinajstić information content (AvgIpc) is 3.46. The van der Waals surface area contributed by atoms with E-state index in [1.54, 1.807) is 0 Å². The maximum Gasteiger partial charge on any atom is 0.407 e. The van der Waals surface area contributed by atoms with Crippen molar-refractivity contribution in [2.24, 2.45) is 5.92 Å². The minimum atomic E-state index is -0.506. The third-order valence-electron chi connectivity index (χ3n) is 5.64. The maximum atomic E-state index is 11.9. The fourth-order valence-electron chi connectivity index (χ4n) is 3.70. The summed E-state index contributed by atoms with van der Waals surface area (Å²) in [5, 5.41) is 4.65. The van der Waals surface area contributed by atoms with Gasteiger partial charge in [0.15, 0.2) is 5.76 Å². The number of amides is 1. The van der Waals surface area contributed by atoms with Gasteiger partial charge >= 0.3 is 6.09 Å². The SMILES string of the molecule is C[C@@H](COC1CCN(c2nc3c(o2)CN(OCC2CC2)C=C3)CC1)NC(=O)OC(C)(C)C. The van der Waals surface area contributed by atoms with Crippen molar-refractivity contribution in [3.05, 3.63) is 17.7 Å². The van der Waals surface area contributed by atoms with E-state index >= 15 is 0 Å². The quantitative estimate of drug-likeness (QED) is 0.644. The number of carbonyl (C=O) groups excluding carboxylic acids is 1. The molecule has 0 spiro atoms. The van der Waals surface area contributed by atoms with Crippen LogP contribution >= 0.6 is 0 Å². The third kappa shape index (κ3) is 6.62. The van der Waals surface area contributed by atoms with Crippen LogP contribution in [0.4, 0.5) is 10.8 Å². The molecular weight excluding hydrogens is 412 g/mol. The van der Waals surface area contributed by atoms with Crippen molar-refractivity contribution < 1.29 is 23.5 Å². The zero-order valence-corrected chi connectivity index (χ0v) is 19.6. The molecule has 9 heteroatoms. The number of carbonyl (C=O) groups is 1. The van der Waals surface area contributed by atoms with Gasteiger partial charge in [0.25, 0.3) is 6.01 Å². The van der Waals surface area contributed by atoms with Crippen molar-refractivity contribution in [1.82, 2.24) is 15.4 Å². The van der Waals surface area contributed by atoms with Crippen LogP contribution < -0.4 is 10.2 Å². The topological polar surface area (TPSA) is 89.3 Å². The molecule has 1 atom stereocenters. The van der Waals surface area contributed by atoms with E-state index in [0.29, 0.717) is 19.2 Å². The molecule has 0 aromatic carbocycles. The number of ether oxygens (including phenoxy) is 2. The summed E-state index contributed by atoms with van der Waals surface area (Å²) in [4.78, 5) is 24.5. The number of hydroxylamine groups is 2. The summed E-state index contributed by atoms with van der Waals surface area (Å²) in [6.07, 6.45) is 7.95. The zero-order valence-electron chi connectivity index (χ0n) is 19.6. The number of alkyl carbamates (subject to hydrolysis) is 1. The second-order valence-electron chi connectivity index (χ2n) is 10.0. The molecule has 3 heterocycles. The number of piperidine rings is 1. The summed E-state index contributed by atoms with van der Waals surface area (Å²) >= 11 is 0. The molecule has 9 nitrogen and oxygen atoms in total. The van der Waals surface area contributed by atoms with E-state index in [0.717, 1.165) is 49.9 Å². The predicted molar refractivity (Wildman–Crippen MR) is 120 cm³/mol. The van der Waals surface area contributed by atoms with Gasteiger partial charge in [0, 0.05) is 19.3 Å². The van der Waals surface area contributed by atoms with Gasteiger partial charge in [-0.05, 0) is 65.4 Å². The van der Waals surface area contributed by atoms with Crippen LogP contribution in [-0.4, -0.2) is 60.2 Å². The lowest BCUT2D eigenvalue weighted by Crippen LogP contribution is -2.42. The summed E-state index contributed by atoms with van der Waals surface area (Å²) in [7, 11) is 0. The Bertz CT molecular complexity index is 806. The first-order chi connectivity index (χ1) is 15.2. The largest absolute Gasteiger partial charge is 0.444 e. The Morgan fingerprint density at radius 3 is 2.72 bits per heavy atom. The van der Waals surface area contributed by atoms with Crippen LogP contribution in [0.15, 0.2) is 10.6 Å². The van der Waals surface area contributed by atoms with Crippen molar-refractivity contribution in [3.8, 4) is 0 Å². The molecule has 32 heavy (non-hydrogen) atoms. The fraction of sp³-hybridized carbons (Fsp3) is 0.739. The van der Waals surface area contributed by atoms with Crippen LogP contribution in [0.25, 0.3) is 6.08 Å². The molecular formula is C23H36N4O5. The molecule has 4 rings (SSSR count). The Kier molecular flexibility index (Phi) is 6.95. The number of hydrogen-bond donors (Lipinski definition) is 1. The van der Waals surface area contributed by atoms with Crippen molar-refractivity contribution in [1.29, 1.82) is 0 Å². The molecule has 3 aliphatic rings. The summed E-state index contributed by atoms with van der Waals surface area (Å²) in [5.74, 6) is 1.56. The number of rotatable bonds is 8. The lowest BCUT2D eigenvalue weighted by molar-refractivity contribution is -0.134. The minimum Gasteiger partial charge on any atom is -0.444 e. The first-order valence-electron chi connectivity index (χ1n) is 11.7. The smallest absolute Gasteiger partial charge is 0.407 e. The molecule has 2 aliphatic heterocycles. The molecule has 0 unspecified atom stereocenters. The fourth-order valence-corrected chi connectivity index (χ4v) is 3.70. The monoisotopic (exact) mass is 448 g/mol. The van der Waals surface area contributed by atoms with E-state index < -0.39 is 11.7 Å². The number of hydrogen-bond acceptors (Lipinski definition) is 8. The summed E-state index contributed by atoms with van der Waals surface area (Å²) in [6.45, 7) is 10.9. The predicted octanol–water partition coefficient (Wildman–Crippen LogP) is 3.70. The van der Waals surface area contributed by atoms with Gasteiger partial charge in [-0.1, -0.05) is 0 Å². The highest BCUT2D eigenvalue weighted by Gasteiger charge is 2.27. The normalized spacial score (nSPS) is 20.2. The van der Waals surface area contributed by atoms with Gasteiger partial charge < -0.3 is 24.1 Å². The van der Waals surface area contributed by atoms with Gasteiger partial charge in [0.1, 0.15) is 17.8 Å². The maximum absolute atomic E-state index is 11.9. The van der Waals surface area contributed by atoms with Crippen molar-refractivity contribution >= 4 is 18.2 Å². The Morgan fingerprint density at radius 2 is 2.03 bits per heavy atom. The summed E-state index contributed by atoms with van der Waals surface area (Å²) in [5.41, 5.74) is 0.376. The highest BCUT2D eigenvalue weighted by atomic mass is 16.7. The Hall–Kier alpha value is -2.26. The number of aromatic nitrogens is 1. The first kappa shape index (κ1) is 22.9. The molecule has 1 aromatic heterocycles. The Morgan fingerprint density at radius 1 is 1.28 bits per heavy atom. The highest BCUT2D eigenvalue weighted by Crippen LogP contribution is 2.31. The van der Waals surface area contributed by atoms with Gasteiger partial charge in [-0.15, -0.1) is 0 Å². The molecule has 0 radical (unpaired) electrons. The molecule has 178 valence electrons. The number of fused-ring (bicyclic) bond motifs is 1. The van der Waals surface area contributed by atoms with Crippen molar-refractivity contribution in [2.45, 2.75) is 77.7 Å². The molecule has 1 saturated heterocycles. The van der Waals surface area contributed by atoms with Gasteiger partial charge in [0.05, 0.1) is 25.4 Å². The van der Waals surface area contributed by atoms with E-state index in [4.69, 9.17) is 18.7 Å². The van der Waals surface area contributed by atoms with Crippen molar-refractivity contribution in [2.75, 3.05) is 31.2 Å². The van der Waals surface area contributed by atoms with Gasteiger partial charge in [-0.3, -0.25) is 9.90 Å². The van der Waals surface area contributed by atoms with E-state index in [2.05, 4.69) is 15.2 Å². The van der Waals surface area contributed by atoms with Crippen molar-refractivity contribution in [3.63, 3.8) is 0 Å². The highest BCUT2D eigenvalue weighted by molar-refractivity contribution is 5.68. The lowest BCUT2D eigenvalue weighted by atomic mass is 10.1. The number of nitrogens with one attached hydrogen (secondary N) is 1. The molecule has 2 fully saturated rings. The number of nitrogens with zero attached hydrogens (tertiary/aromatic N) is 3. The Labute approximate surface area is 190 Å². The molecule has 1 amide bonds.